The van der Waals surface area contributed by atoms with Crippen LogP contribution in [-0.2, 0) is 5.60 Å². The summed E-state index contributed by atoms with van der Waals surface area (Å²) < 4.78 is 5.43. The lowest BCUT2D eigenvalue weighted by atomic mass is 9.96. The van der Waals surface area contributed by atoms with Gasteiger partial charge in [-0.25, -0.2) is 0 Å². The Morgan fingerprint density at radius 2 is 2.07 bits per heavy atom. The number of anilines is 1. The minimum absolute atomic E-state index is 0.0540. The SMILES string of the molecule is Cc1cc([C@](C)(O)CNC(=O)c2ccc(NC3CC3)c([N+](=O)[O-])c2)c(C)o1. The predicted octanol–water partition coefficient (Wildman–Crippen LogP) is 3.02. The van der Waals surface area contributed by atoms with E-state index < -0.39 is 16.4 Å². The normalized spacial score (nSPS) is 15.9. The molecule has 1 aliphatic rings. The number of nitro groups is 1. The topological polar surface area (TPSA) is 118 Å². The standard InChI is InChI=1S/C19H23N3O5/c1-11-8-15(12(2)27-11)19(3,24)10-20-18(23)13-4-7-16(21-14-5-6-14)17(9-13)22(25)26/h4,7-9,14,21,24H,5-6,10H2,1-3H3,(H,20,23)/t19-/m1/s1. The molecule has 2 aromatic rings. The van der Waals surface area contributed by atoms with Gasteiger partial charge in [0.1, 0.15) is 22.8 Å². The van der Waals surface area contributed by atoms with E-state index in [2.05, 4.69) is 10.6 Å². The minimum atomic E-state index is -1.32. The second-order valence-corrected chi connectivity index (χ2v) is 7.19. The average molecular weight is 373 g/mol. The molecule has 1 saturated carbocycles. The third kappa shape index (κ3) is 4.28. The molecule has 1 heterocycles. The van der Waals surface area contributed by atoms with Crippen molar-refractivity contribution in [1.82, 2.24) is 5.32 Å². The van der Waals surface area contributed by atoms with Crippen LogP contribution >= 0.6 is 0 Å². The summed E-state index contributed by atoms with van der Waals surface area (Å²) >= 11 is 0. The van der Waals surface area contributed by atoms with Crippen molar-refractivity contribution in [2.45, 2.75) is 45.3 Å². The molecule has 3 rings (SSSR count). The number of benzene rings is 1. The minimum Gasteiger partial charge on any atom is -0.466 e. The van der Waals surface area contributed by atoms with Gasteiger partial charge in [-0.15, -0.1) is 0 Å². The van der Waals surface area contributed by atoms with Crippen LogP contribution in [0.4, 0.5) is 11.4 Å². The van der Waals surface area contributed by atoms with E-state index >= 15 is 0 Å². The highest BCUT2D eigenvalue weighted by molar-refractivity contribution is 5.95. The zero-order chi connectivity index (χ0) is 19.8. The summed E-state index contributed by atoms with van der Waals surface area (Å²) in [6.07, 6.45) is 1.97. The number of amides is 1. The van der Waals surface area contributed by atoms with Crippen LogP contribution in [0.25, 0.3) is 0 Å². The number of carbonyl (C=O) groups is 1. The summed E-state index contributed by atoms with van der Waals surface area (Å²) in [5.74, 6) is 0.760. The monoisotopic (exact) mass is 373 g/mol. The van der Waals surface area contributed by atoms with Crippen LogP contribution in [-0.4, -0.2) is 28.5 Å². The van der Waals surface area contributed by atoms with Gasteiger partial charge in [0, 0.05) is 23.2 Å². The molecule has 0 aliphatic heterocycles. The van der Waals surface area contributed by atoms with Gasteiger partial charge in [0.15, 0.2) is 0 Å². The van der Waals surface area contributed by atoms with Gasteiger partial charge in [0.2, 0.25) is 0 Å². The van der Waals surface area contributed by atoms with E-state index in [1.165, 1.54) is 12.1 Å². The summed E-state index contributed by atoms with van der Waals surface area (Å²) in [5, 5.41) is 27.7. The van der Waals surface area contributed by atoms with Crippen LogP contribution in [0.3, 0.4) is 0 Å². The van der Waals surface area contributed by atoms with Crippen molar-refractivity contribution in [3.63, 3.8) is 0 Å². The van der Waals surface area contributed by atoms with E-state index in [-0.39, 0.29) is 23.8 Å². The van der Waals surface area contributed by atoms with Gasteiger partial charge in [-0.05, 0) is 51.8 Å². The highest BCUT2D eigenvalue weighted by atomic mass is 16.6. The maximum atomic E-state index is 12.4. The molecule has 1 aliphatic carbocycles. The highest BCUT2D eigenvalue weighted by Gasteiger charge is 2.29. The molecule has 0 radical (unpaired) electrons. The van der Waals surface area contributed by atoms with E-state index in [1.54, 1.807) is 32.9 Å². The number of furan rings is 1. The number of rotatable bonds is 7. The van der Waals surface area contributed by atoms with E-state index in [4.69, 9.17) is 4.42 Å². The summed E-state index contributed by atoms with van der Waals surface area (Å²) in [6, 6.07) is 6.33. The second kappa shape index (κ2) is 7.03. The maximum Gasteiger partial charge on any atom is 0.293 e. The Labute approximate surface area is 156 Å². The number of hydrogen-bond acceptors (Lipinski definition) is 6. The Kier molecular flexibility index (Phi) is 4.93. The van der Waals surface area contributed by atoms with Crippen molar-refractivity contribution in [3.05, 3.63) is 57.0 Å². The fourth-order valence-corrected chi connectivity index (χ4v) is 3.01. The van der Waals surface area contributed by atoms with Crippen LogP contribution in [0.1, 0.15) is 47.2 Å². The fourth-order valence-electron chi connectivity index (χ4n) is 3.01. The third-order valence-corrected chi connectivity index (χ3v) is 4.61. The van der Waals surface area contributed by atoms with Gasteiger partial charge in [-0.3, -0.25) is 14.9 Å². The maximum absolute atomic E-state index is 12.4. The van der Waals surface area contributed by atoms with E-state index in [0.29, 0.717) is 22.8 Å². The first-order chi connectivity index (χ1) is 12.7. The van der Waals surface area contributed by atoms with Gasteiger partial charge in [-0.1, -0.05) is 0 Å². The van der Waals surface area contributed by atoms with Crippen molar-refractivity contribution in [1.29, 1.82) is 0 Å². The number of nitrogens with zero attached hydrogens (tertiary/aromatic N) is 1. The van der Waals surface area contributed by atoms with E-state index in [9.17, 15) is 20.0 Å². The van der Waals surface area contributed by atoms with Crippen LogP contribution in [0.15, 0.2) is 28.7 Å². The van der Waals surface area contributed by atoms with Gasteiger partial charge >= 0.3 is 0 Å². The Morgan fingerprint density at radius 3 is 2.63 bits per heavy atom. The van der Waals surface area contributed by atoms with Crippen LogP contribution in [0.5, 0.6) is 0 Å². The van der Waals surface area contributed by atoms with Crippen molar-refractivity contribution < 1.29 is 19.2 Å². The number of hydrogen-bond donors (Lipinski definition) is 3. The lowest BCUT2D eigenvalue weighted by Crippen LogP contribution is -2.38. The Bertz CT molecular complexity index is 883. The molecule has 8 nitrogen and oxygen atoms in total. The predicted molar refractivity (Wildman–Crippen MR) is 99.8 cm³/mol. The van der Waals surface area contributed by atoms with Gasteiger partial charge in [-0.2, -0.15) is 0 Å². The lowest BCUT2D eigenvalue weighted by Gasteiger charge is -2.23. The van der Waals surface area contributed by atoms with E-state index in [0.717, 1.165) is 12.8 Å². The van der Waals surface area contributed by atoms with Crippen molar-refractivity contribution >= 4 is 17.3 Å². The molecule has 0 saturated heterocycles. The van der Waals surface area contributed by atoms with Gasteiger partial charge in [0.05, 0.1) is 11.5 Å². The Morgan fingerprint density at radius 1 is 1.37 bits per heavy atom. The number of nitro benzene ring substituents is 1. The zero-order valence-corrected chi connectivity index (χ0v) is 15.5. The first-order valence-corrected chi connectivity index (χ1v) is 8.80. The van der Waals surface area contributed by atoms with Crippen LogP contribution in [0.2, 0.25) is 0 Å². The number of aliphatic hydroxyl groups is 1. The molecule has 0 bridgehead atoms. The van der Waals surface area contributed by atoms with Crippen molar-refractivity contribution in [2.75, 3.05) is 11.9 Å². The molecular weight excluding hydrogens is 350 g/mol. The molecule has 1 amide bonds. The Balaban J connectivity index is 1.72. The number of nitrogens with one attached hydrogen (secondary N) is 2. The van der Waals surface area contributed by atoms with E-state index in [1.807, 2.05) is 0 Å². The molecular formula is C19H23N3O5. The van der Waals surface area contributed by atoms with Crippen molar-refractivity contribution in [3.8, 4) is 0 Å². The smallest absolute Gasteiger partial charge is 0.293 e. The second-order valence-electron chi connectivity index (χ2n) is 7.19. The molecule has 1 fully saturated rings. The summed E-state index contributed by atoms with van der Waals surface area (Å²) in [7, 11) is 0. The fraction of sp³-hybridized carbons (Fsp3) is 0.421. The largest absolute Gasteiger partial charge is 0.466 e. The van der Waals surface area contributed by atoms with Crippen LogP contribution < -0.4 is 10.6 Å². The molecule has 8 heteroatoms. The van der Waals surface area contributed by atoms with Gasteiger partial charge in [0.25, 0.3) is 11.6 Å². The number of aryl methyl sites for hydroxylation is 2. The summed E-state index contributed by atoms with van der Waals surface area (Å²) in [6.45, 7) is 5.05. The highest BCUT2D eigenvalue weighted by Crippen LogP contribution is 2.32. The molecule has 1 aromatic heterocycles. The first kappa shape index (κ1) is 18.9. The average Bonchev–Trinajstić information content (AvgIpc) is 3.34. The molecule has 3 N–H and O–H groups in total. The molecule has 1 atom stereocenters. The van der Waals surface area contributed by atoms with Crippen LogP contribution in [0, 0.1) is 24.0 Å². The molecule has 0 unspecified atom stereocenters. The number of carbonyl (C=O) groups excluding carboxylic acids is 1. The molecule has 0 spiro atoms. The van der Waals surface area contributed by atoms with Gasteiger partial charge < -0.3 is 20.2 Å². The summed E-state index contributed by atoms with van der Waals surface area (Å²) in [5.41, 5.74) is -0.288. The van der Waals surface area contributed by atoms with Crippen molar-refractivity contribution in [2.24, 2.45) is 0 Å². The Hall–Kier alpha value is -2.87. The quantitative estimate of drug-likeness (QED) is 0.507. The lowest BCUT2D eigenvalue weighted by molar-refractivity contribution is -0.384. The molecule has 1 aromatic carbocycles. The summed E-state index contributed by atoms with van der Waals surface area (Å²) in [4.78, 5) is 23.3. The zero-order valence-electron chi connectivity index (χ0n) is 15.5. The first-order valence-electron chi connectivity index (χ1n) is 8.80. The molecule has 144 valence electrons. The third-order valence-electron chi connectivity index (χ3n) is 4.61. The molecule has 27 heavy (non-hydrogen) atoms.